The SMILES string of the molecule is C1=C(c2ccccc2)C(CCC2C=c3ccccc3=C2)c2ccccc21. The van der Waals surface area contributed by atoms with E-state index in [2.05, 4.69) is 97.1 Å². The van der Waals surface area contributed by atoms with Crippen molar-refractivity contribution in [2.45, 2.75) is 18.8 Å². The highest BCUT2D eigenvalue weighted by Gasteiger charge is 2.26. The van der Waals surface area contributed by atoms with Crippen molar-refractivity contribution in [3.8, 4) is 0 Å². The molecule has 1 atom stereocenters. The van der Waals surface area contributed by atoms with Crippen LogP contribution in [0.2, 0.25) is 0 Å². The number of fused-ring (bicyclic) bond motifs is 2. The molecule has 0 fully saturated rings. The lowest BCUT2D eigenvalue weighted by atomic mass is 9.85. The molecule has 0 aliphatic heterocycles. The van der Waals surface area contributed by atoms with Crippen LogP contribution in [0.3, 0.4) is 0 Å². The van der Waals surface area contributed by atoms with Crippen LogP contribution in [0.1, 0.15) is 35.4 Å². The third-order valence-corrected chi connectivity index (χ3v) is 5.74. The van der Waals surface area contributed by atoms with Crippen LogP contribution >= 0.6 is 0 Å². The Kier molecular flexibility index (Phi) is 3.83. The number of hydrogen-bond donors (Lipinski definition) is 0. The first-order valence-electron chi connectivity index (χ1n) is 9.53. The van der Waals surface area contributed by atoms with Crippen molar-refractivity contribution in [1.29, 1.82) is 0 Å². The minimum absolute atomic E-state index is 0.499. The third-order valence-electron chi connectivity index (χ3n) is 5.74. The molecule has 0 bridgehead atoms. The van der Waals surface area contributed by atoms with Crippen LogP contribution < -0.4 is 10.4 Å². The maximum Gasteiger partial charge on any atom is 0.0102 e. The molecule has 0 N–H and O–H groups in total. The monoisotopic (exact) mass is 334 g/mol. The van der Waals surface area contributed by atoms with Crippen LogP contribution in [-0.2, 0) is 0 Å². The average Bonchev–Trinajstić information content (AvgIpc) is 3.28. The Hall–Kier alpha value is -2.86. The van der Waals surface area contributed by atoms with Gasteiger partial charge in [-0.15, -0.1) is 0 Å². The molecule has 0 radical (unpaired) electrons. The average molecular weight is 334 g/mol. The van der Waals surface area contributed by atoms with E-state index in [1.807, 2.05) is 0 Å². The predicted molar refractivity (Wildman–Crippen MR) is 111 cm³/mol. The van der Waals surface area contributed by atoms with Crippen LogP contribution in [0.25, 0.3) is 23.8 Å². The molecule has 5 rings (SSSR count). The number of rotatable bonds is 4. The van der Waals surface area contributed by atoms with Gasteiger partial charge in [-0.2, -0.15) is 0 Å². The standard InChI is InChI=1S/C26H22/c1-2-8-20(9-3-1)26-18-23-12-6-7-13-24(23)25(26)15-14-19-16-21-10-4-5-11-22(21)17-19/h1-13,16-19,25H,14-15H2. The van der Waals surface area contributed by atoms with E-state index in [-0.39, 0.29) is 0 Å². The quantitative estimate of drug-likeness (QED) is 0.630. The van der Waals surface area contributed by atoms with Gasteiger partial charge in [-0.25, -0.2) is 0 Å². The highest BCUT2D eigenvalue weighted by molar-refractivity contribution is 5.91. The second kappa shape index (κ2) is 6.46. The normalized spacial score (nSPS) is 17.8. The molecule has 0 saturated heterocycles. The summed E-state index contributed by atoms with van der Waals surface area (Å²) in [6.07, 6.45) is 9.64. The Labute approximate surface area is 154 Å². The Morgan fingerprint density at radius 1 is 0.615 bits per heavy atom. The fraction of sp³-hybridized carbons (Fsp3) is 0.154. The Bertz CT molecular complexity index is 1050. The Morgan fingerprint density at radius 2 is 1.27 bits per heavy atom. The molecule has 0 saturated carbocycles. The van der Waals surface area contributed by atoms with Crippen LogP contribution in [0, 0.1) is 5.92 Å². The number of benzene rings is 3. The fourth-order valence-corrected chi connectivity index (χ4v) is 4.47. The van der Waals surface area contributed by atoms with E-state index >= 15 is 0 Å². The molecular formula is C26H22. The lowest BCUT2D eigenvalue weighted by Crippen LogP contribution is -2.19. The first-order chi connectivity index (χ1) is 12.9. The zero-order valence-corrected chi connectivity index (χ0v) is 14.8. The van der Waals surface area contributed by atoms with E-state index < -0.39 is 0 Å². The van der Waals surface area contributed by atoms with Gasteiger partial charge in [0.1, 0.15) is 0 Å². The van der Waals surface area contributed by atoms with Crippen molar-refractivity contribution in [3.05, 3.63) is 106 Å². The van der Waals surface area contributed by atoms with E-state index in [0.717, 1.165) is 0 Å². The van der Waals surface area contributed by atoms with Crippen molar-refractivity contribution in [2.75, 3.05) is 0 Å². The molecule has 26 heavy (non-hydrogen) atoms. The van der Waals surface area contributed by atoms with Crippen LogP contribution in [0.4, 0.5) is 0 Å². The van der Waals surface area contributed by atoms with Gasteiger partial charge in [0.25, 0.3) is 0 Å². The van der Waals surface area contributed by atoms with Crippen molar-refractivity contribution < 1.29 is 0 Å². The fourth-order valence-electron chi connectivity index (χ4n) is 4.47. The highest BCUT2D eigenvalue weighted by atomic mass is 14.3. The molecule has 0 amide bonds. The van der Waals surface area contributed by atoms with Gasteiger partial charge >= 0.3 is 0 Å². The van der Waals surface area contributed by atoms with Gasteiger partial charge in [0, 0.05) is 5.92 Å². The smallest absolute Gasteiger partial charge is 0.0102 e. The van der Waals surface area contributed by atoms with E-state index in [0.29, 0.717) is 11.8 Å². The Balaban J connectivity index is 1.43. The minimum atomic E-state index is 0.499. The highest BCUT2D eigenvalue weighted by Crippen LogP contribution is 2.45. The number of allylic oxidation sites excluding steroid dienone is 1. The van der Waals surface area contributed by atoms with Crippen LogP contribution in [0.15, 0.2) is 78.9 Å². The molecule has 0 aromatic heterocycles. The molecule has 0 nitrogen and oxygen atoms in total. The van der Waals surface area contributed by atoms with Gasteiger partial charge in [-0.05, 0) is 51.5 Å². The summed E-state index contributed by atoms with van der Waals surface area (Å²) in [5.74, 6) is 1.05. The molecular weight excluding hydrogens is 312 g/mol. The summed E-state index contributed by atoms with van der Waals surface area (Å²) in [4.78, 5) is 0. The number of hydrogen-bond acceptors (Lipinski definition) is 0. The Morgan fingerprint density at radius 3 is 2.04 bits per heavy atom. The topological polar surface area (TPSA) is 0 Å². The van der Waals surface area contributed by atoms with Crippen molar-refractivity contribution in [3.63, 3.8) is 0 Å². The second-order valence-electron chi connectivity index (χ2n) is 7.35. The summed E-state index contributed by atoms with van der Waals surface area (Å²) in [6.45, 7) is 0. The summed E-state index contributed by atoms with van der Waals surface area (Å²) in [5.41, 5.74) is 5.71. The largest absolute Gasteiger partial charge is 0.0697 e. The van der Waals surface area contributed by atoms with Crippen molar-refractivity contribution in [2.24, 2.45) is 5.92 Å². The first kappa shape index (κ1) is 15.4. The second-order valence-corrected chi connectivity index (χ2v) is 7.35. The van der Waals surface area contributed by atoms with Gasteiger partial charge in [0.15, 0.2) is 0 Å². The lowest BCUT2D eigenvalue weighted by molar-refractivity contribution is 0.661. The summed E-state index contributed by atoms with van der Waals surface area (Å²) < 4.78 is 0. The maximum absolute atomic E-state index is 2.43. The molecule has 2 aliphatic carbocycles. The molecule has 0 heteroatoms. The van der Waals surface area contributed by atoms with E-state index in [4.69, 9.17) is 0 Å². The molecule has 1 unspecified atom stereocenters. The predicted octanol–water partition coefficient (Wildman–Crippen LogP) is 5.00. The van der Waals surface area contributed by atoms with Crippen LogP contribution in [-0.4, -0.2) is 0 Å². The summed E-state index contributed by atoms with van der Waals surface area (Å²) in [6, 6.07) is 28.5. The molecule has 126 valence electrons. The first-order valence-corrected chi connectivity index (χ1v) is 9.53. The molecule has 3 aromatic carbocycles. The molecule has 2 aliphatic rings. The van der Waals surface area contributed by atoms with Crippen molar-refractivity contribution in [1.82, 2.24) is 0 Å². The van der Waals surface area contributed by atoms with Gasteiger partial charge in [0.05, 0.1) is 0 Å². The molecule has 0 heterocycles. The maximum atomic E-state index is 2.43. The van der Waals surface area contributed by atoms with Gasteiger partial charge in [-0.3, -0.25) is 0 Å². The molecule has 0 spiro atoms. The summed E-state index contributed by atoms with van der Waals surface area (Å²) in [5, 5.41) is 2.78. The minimum Gasteiger partial charge on any atom is -0.0697 e. The van der Waals surface area contributed by atoms with Gasteiger partial charge in [-0.1, -0.05) is 97.1 Å². The third kappa shape index (κ3) is 2.72. The zero-order valence-electron chi connectivity index (χ0n) is 14.8. The van der Waals surface area contributed by atoms with Crippen molar-refractivity contribution >= 4 is 23.8 Å². The molecule has 3 aromatic rings. The zero-order chi connectivity index (χ0) is 17.3. The summed E-state index contributed by atoms with van der Waals surface area (Å²) in [7, 11) is 0. The van der Waals surface area contributed by atoms with Crippen LogP contribution in [0.5, 0.6) is 0 Å². The van der Waals surface area contributed by atoms with Gasteiger partial charge < -0.3 is 0 Å². The van der Waals surface area contributed by atoms with E-state index in [1.54, 1.807) is 0 Å². The lowest BCUT2D eigenvalue weighted by Gasteiger charge is -2.18. The van der Waals surface area contributed by atoms with E-state index in [1.165, 1.54) is 45.5 Å². The van der Waals surface area contributed by atoms with Gasteiger partial charge in [0.2, 0.25) is 0 Å². The van der Waals surface area contributed by atoms with E-state index in [9.17, 15) is 0 Å². The summed E-state index contributed by atoms with van der Waals surface area (Å²) >= 11 is 0.